The van der Waals surface area contributed by atoms with Gasteiger partial charge in [-0.1, -0.05) is 17.7 Å². The molecule has 1 heterocycles. The first-order valence-electron chi connectivity index (χ1n) is 7.13. The summed E-state index contributed by atoms with van der Waals surface area (Å²) >= 11 is 0. The summed E-state index contributed by atoms with van der Waals surface area (Å²) < 4.78 is 0. The standard InChI is InChI=1S/C16H24N2O/c1-12-4-5-15(13(2)10-12)16(19)18-8-6-14(7-9-18)11-17-3/h4-5,10,14,17H,6-9,11H2,1-3H3. The van der Waals surface area contributed by atoms with Crippen molar-refractivity contribution in [2.24, 2.45) is 5.92 Å². The summed E-state index contributed by atoms with van der Waals surface area (Å²) in [6, 6.07) is 6.07. The molecule has 1 saturated heterocycles. The molecule has 1 aliphatic rings. The van der Waals surface area contributed by atoms with Crippen molar-refractivity contribution in [3.63, 3.8) is 0 Å². The van der Waals surface area contributed by atoms with Crippen molar-refractivity contribution in [3.8, 4) is 0 Å². The molecular weight excluding hydrogens is 236 g/mol. The Bertz CT molecular complexity index is 448. The number of piperidine rings is 1. The van der Waals surface area contributed by atoms with Gasteiger partial charge in [-0.15, -0.1) is 0 Å². The maximum absolute atomic E-state index is 12.5. The van der Waals surface area contributed by atoms with Crippen LogP contribution >= 0.6 is 0 Å². The van der Waals surface area contributed by atoms with Crippen LogP contribution in [0.4, 0.5) is 0 Å². The van der Waals surface area contributed by atoms with E-state index in [0.29, 0.717) is 5.92 Å². The van der Waals surface area contributed by atoms with Crippen molar-refractivity contribution in [2.75, 3.05) is 26.7 Å². The SMILES string of the molecule is CNCC1CCN(C(=O)c2ccc(C)cc2C)CC1. The molecule has 1 aromatic carbocycles. The van der Waals surface area contributed by atoms with Crippen molar-refractivity contribution in [3.05, 3.63) is 34.9 Å². The van der Waals surface area contributed by atoms with Crippen LogP contribution in [0.15, 0.2) is 18.2 Å². The van der Waals surface area contributed by atoms with E-state index in [9.17, 15) is 4.79 Å². The molecule has 2 rings (SSSR count). The Hall–Kier alpha value is -1.35. The van der Waals surface area contributed by atoms with Crippen molar-refractivity contribution in [1.82, 2.24) is 10.2 Å². The zero-order valence-corrected chi connectivity index (χ0v) is 12.2. The Morgan fingerprint density at radius 1 is 1.32 bits per heavy atom. The Kier molecular flexibility index (Phi) is 4.59. The van der Waals surface area contributed by atoms with Crippen molar-refractivity contribution < 1.29 is 4.79 Å². The van der Waals surface area contributed by atoms with Crippen LogP contribution in [0.1, 0.15) is 34.3 Å². The summed E-state index contributed by atoms with van der Waals surface area (Å²) in [7, 11) is 1.99. The molecule has 0 aliphatic carbocycles. The zero-order valence-electron chi connectivity index (χ0n) is 12.2. The van der Waals surface area contributed by atoms with E-state index < -0.39 is 0 Å². The van der Waals surface area contributed by atoms with E-state index in [1.54, 1.807) is 0 Å². The van der Waals surface area contributed by atoms with Gasteiger partial charge in [0.05, 0.1) is 0 Å². The highest BCUT2D eigenvalue weighted by molar-refractivity contribution is 5.95. The maximum atomic E-state index is 12.5. The van der Waals surface area contributed by atoms with E-state index in [0.717, 1.165) is 43.6 Å². The summed E-state index contributed by atoms with van der Waals surface area (Å²) in [5, 5.41) is 3.23. The van der Waals surface area contributed by atoms with Crippen LogP contribution in [0, 0.1) is 19.8 Å². The quantitative estimate of drug-likeness (QED) is 0.905. The molecule has 1 aliphatic heterocycles. The summed E-state index contributed by atoms with van der Waals surface area (Å²) in [5.41, 5.74) is 3.15. The highest BCUT2D eigenvalue weighted by atomic mass is 16.2. The number of rotatable bonds is 3. The molecule has 0 spiro atoms. The van der Waals surface area contributed by atoms with Gasteiger partial charge in [-0.2, -0.15) is 0 Å². The summed E-state index contributed by atoms with van der Waals surface area (Å²) in [4.78, 5) is 14.5. The number of nitrogens with one attached hydrogen (secondary N) is 1. The molecule has 1 fully saturated rings. The Balaban J connectivity index is 2.01. The summed E-state index contributed by atoms with van der Waals surface area (Å²) in [5.74, 6) is 0.911. The third kappa shape index (κ3) is 3.35. The first kappa shape index (κ1) is 14.1. The van der Waals surface area contributed by atoms with Crippen molar-refractivity contribution in [2.45, 2.75) is 26.7 Å². The second kappa shape index (κ2) is 6.20. The van der Waals surface area contributed by atoms with E-state index in [2.05, 4.69) is 18.3 Å². The van der Waals surface area contributed by atoms with Gasteiger partial charge in [0.25, 0.3) is 5.91 Å². The first-order chi connectivity index (χ1) is 9.11. The molecule has 0 bridgehead atoms. The Morgan fingerprint density at radius 3 is 2.58 bits per heavy atom. The Morgan fingerprint density at radius 2 is 2.00 bits per heavy atom. The van der Waals surface area contributed by atoms with Gasteiger partial charge >= 0.3 is 0 Å². The number of benzene rings is 1. The van der Waals surface area contributed by atoms with Gasteiger partial charge in [0.1, 0.15) is 0 Å². The fraction of sp³-hybridized carbons (Fsp3) is 0.562. The van der Waals surface area contributed by atoms with E-state index in [1.807, 2.05) is 31.0 Å². The van der Waals surface area contributed by atoms with E-state index >= 15 is 0 Å². The molecule has 0 atom stereocenters. The fourth-order valence-corrected chi connectivity index (χ4v) is 2.85. The minimum atomic E-state index is 0.195. The normalized spacial score (nSPS) is 16.7. The third-order valence-corrected chi connectivity index (χ3v) is 4.01. The van der Waals surface area contributed by atoms with Gasteiger partial charge in [0, 0.05) is 18.7 Å². The number of hydrogen-bond acceptors (Lipinski definition) is 2. The second-order valence-corrected chi connectivity index (χ2v) is 5.61. The largest absolute Gasteiger partial charge is 0.339 e. The lowest BCUT2D eigenvalue weighted by Crippen LogP contribution is -2.40. The smallest absolute Gasteiger partial charge is 0.254 e. The van der Waals surface area contributed by atoms with Gasteiger partial charge < -0.3 is 10.2 Å². The molecule has 0 saturated carbocycles. The van der Waals surface area contributed by atoms with Crippen LogP contribution in [0.5, 0.6) is 0 Å². The average molecular weight is 260 g/mol. The lowest BCUT2D eigenvalue weighted by atomic mass is 9.95. The highest BCUT2D eigenvalue weighted by Crippen LogP contribution is 2.20. The topological polar surface area (TPSA) is 32.3 Å². The molecule has 0 aromatic heterocycles. The van der Waals surface area contributed by atoms with Crippen molar-refractivity contribution in [1.29, 1.82) is 0 Å². The number of aryl methyl sites for hydroxylation is 2. The van der Waals surface area contributed by atoms with Gasteiger partial charge in [0.15, 0.2) is 0 Å². The lowest BCUT2D eigenvalue weighted by Gasteiger charge is -2.32. The van der Waals surface area contributed by atoms with Crippen LogP contribution in [0.25, 0.3) is 0 Å². The monoisotopic (exact) mass is 260 g/mol. The predicted octanol–water partition coefficient (Wildman–Crippen LogP) is 2.38. The molecule has 3 nitrogen and oxygen atoms in total. The van der Waals surface area contributed by atoms with E-state index in [4.69, 9.17) is 0 Å². The molecule has 1 aromatic rings. The van der Waals surface area contributed by atoms with Crippen LogP contribution in [-0.4, -0.2) is 37.5 Å². The van der Waals surface area contributed by atoms with Crippen LogP contribution in [0.3, 0.4) is 0 Å². The third-order valence-electron chi connectivity index (χ3n) is 4.01. The van der Waals surface area contributed by atoms with Gasteiger partial charge in [-0.25, -0.2) is 0 Å². The second-order valence-electron chi connectivity index (χ2n) is 5.61. The molecule has 3 heteroatoms. The van der Waals surface area contributed by atoms with Crippen molar-refractivity contribution >= 4 is 5.91 Å². The van der Waals surface area contributed by atoms with E-state index in [-0.39, 0.29) is 5.91 Å². The molecule has 19 heavy (non-hydrogen) atoms. The van der Waals surface area contributed by atoms with Gasteiger partial charge in [-0.05, 0) is 57.8 Å². The number of carbonyl (C=O) groups excluding carboxylic acids is 1. The molecule has 0 radical (unpaired) electrons. The Labute approximate surface area is 116 Å². The fourth-order valence-electron chi connectivity index (χ4n) is 2.85. The zero-order chi connectivity index (χ0) is 13.8. The minimum Gasteiger partial charge on any atom is -0.339 e. The van der Waals surface area contributed by atoms with Crippen LogP contribution in [0.2, 0.25) is 0 Å². The van der Waals surface area contributed by atoms with Gasteiger partial charge in [-0.3, -0.25) is 4.79 Å². The van der Waals surface area contributed by atoms with E-state index in [1.165, 1.54) is 5.56 Å². The minimum absolute atomic E-state index is 0.195. The number of amides is 1. The van der Waals surface area contributed by atoms with Crippen LogP contribution in [-0.2, 0) is 0 Å². The highest BCUT2D eigenvalue weighted by Gasteiger charge is 2.23. The number of likely N-dealkylation sites (tertiary alicyclic amines) is 1. The summed E-state index contributed by atoms with van der Waals surface area (Å²) in [6.07, 6.45) is 2.22. The number of hydrogen-bond donors (Lipinski definition) is 1. The molecule has 104 valence electrons. The number of carbonyl (C=O) groups is 1. The molecule has 1 N–H and O–H groups in total. The molecular formula is C16H24N2O. The molecule has 1 amide bonds. The molecule has 0 unspecified atom stereocenters. The number of nitrogens with zero attached hydrogens (tertiary/aromatic N) is 1. The van der Waals surface area contributed by atoms with Gasteiger partial charge in [0.2, 0.25) is 0 Å². The average Bonchev–Trinajstić information content (AvgIpc) is 2.39. The van der Waals surface area contributed by atoms with Crippen LogP contribution < -0.4 is 5.32 Å². The first-order valence-corrected chi connectivity index (χ1v) is 7.13. The summed E-state index contributed by atoms with van der Waals surface area (Å²) in [6.45, 7) is 6.92. The lowest BCUT2D eigenvalue weighted by molar-refractivity contribution is 0.0690. The predicted molar refractivity (Wildman–Crippen MR) is 78.5 cm³/mol. The maximum Gasteiger partial charge on any atom is 0.254 e.